The van der Waals surface area contributed by atoms with Crippen LogP contribution in [0.25, 0.3) is 28.7 Å². The summed E-state index contributed by atoms with van der Waals surface area (Å²) in [5.74, 6) is 0.524. The summed E-state index contributed by atoms with van der Waals surface area (Å²) >= 11 is 0. The van der Waals surface area contributed by atoms with Crippen LogP contribution >= 0.6 is 0 Å². The number of hydrogen-bond donors (Lipinski definition) is 0. The zero-order valence-electron chi connectivity index (χ0n) is 14.4. The largest absolute Gasteiger partial charge is 0.332 e. The molecule has 0 N–H and O–H groups in total. The molecule has 6 heteroatoms. The summed E-state index contributed by atoms with van der Waals surface area (Å²) in [7, 11) is 0. The first kappa shape index (κ1) is 16.0. The smallest absolute Gasteiger partial charge is 0.282 e. The van der Waals surface area contributed by atoms with Gasteiger partial charge in [0.05, 0.1) is 5.69 Å². The maximum atomic E-state index is 12.3. The Morgan fingerprint density at radius 1 is 0.962 bits per heavy atom. The Bertz CT molecular complexity index is 1130. The van der Waals surface area contributed by atoms with E-state index in [0.29, 0.717) is 5.82 Å². The van der Waals surface area contributed by atoms with Gasteiger partial charge in [-0.05, 0) is 37.1 Å². The molecule has 0 spiro atoms. The zero-order valence-corrected chi connectivity index (χ0v) is 14.4. The van der Waals surface area contributed by atoms with Crippen LogP contribution in [0.15, 0.2) is 70.1 Å². The molecule has 0 radical (unpaired) electrons. The minimum atomic E-state index is -0.270. The van der Waals surface area contributed by atoms with Gasteiger partial charge in [0.2, 0.25) is 11.3 Å². The fraction of sp³-hybridized carbons (Fsp3) is 0.100. The first-order chi connectivity index (χ1) is 12.6. The lowest BCUT2D eigenvalue weighted by Gasteiger charge is -2.08. The van der Waals surface area contributed by atoms with Crippen molar-refractivity contribution in [3.63, 3.8) is 0 Å². The molecule has 2 aromatic carbocycles. The molecule has 0 saturated carbocycles. The highest BCUT2D eigenvalue weighted by molar-refractivity contribution is 5.57. The van der Waals surface area contributed by atoms with Crippen LogP contribution in [0.2, 0.25) is 0 Å². The van der Waals surface area contributed by atoms with Crippen LogP contribution in [-0.2, 0) is 0 Å². The summed E-state index contributed by atoms with van der Waals surface area (Å²) in [5, 5.41) is 8.36. The van der Waals surface area contributed by atoms with Crippen molar-refractivity contribution in [1.29, 1.82) is 0 Å². The topological polar surface area (TPSA) is 73.8 Å². The predicted octanol–water partition coefficient (Wildman–Crippen LogP) is 3.57. The molecular weight excluding hydrogens is 328 g/mol. The van der Waals surface area contributed by atoms with E-state index in [1.165, 1.54) is 11.6 Å². The molecule has 0 aliphatic rings. The molecule has 0 fully saturated rings. The number of aromatic nitrogens is 4. The van der Waals surface area contributed by atoms with Crippen LogP contribution in [-0.4, -0.2) is 19.9 Å². The maximum Gasteiger partial charge on any atom is 0.282 e. The van der Waals surface area contributed by atoms with Crippen molar-refractivity contribution in [3.05, 3.63) is 82.1 Å². The summed E-state index contributed by atoms with van der Waals surface area (Å²) in [5.41, 5.74) is 3.87. The quantitative estimate of drug-likeness (QED) is 0.568. The summed E-state index contributed by atoms with van der Waals surface area (Å²) in [6, 6.07) is 16.9. The molecule has 0 aliphatic heterocycles. The van der Waals surface area contributed by atoms with Gasteiger partial charge in [0.15, 0.2) is 5.69 Å². The van der Waals surface area contributed by atoms with Gasteiger partial charge in [0.1, 0.15) is 0 Å². The van der Waals surface area contributed by atoms with Crippen molar-refractivity contribution >= 4 is 0 Å². The fourth-order valence-electron chi connectivity index (χ4n) is 2.59. The third-order valence-corrected chi connectivity index (χ3v) is 4.22. The van der Waals surface area contributed by atoms with E-state index in [1.807, 2.05) is 62.4 Å². The Kier molecular flexibility index (Phi) is 3.93. The molecule has 2 aromatic heterocycles. The van der Waals surface area contributed by atoms with Gasteiger partial charge >= 0.3 is 0 Å². The summed E-state index contributed by atoms with van der Waals surface area (Å²) in [4.78, 5) is 16.6. The summed E-state index contributed by atoms with van der Waals surface area (Å²) in [6.45, 7) is 4.08. The molecule has 0 bridgehead atoms. The zero-order chi connectivity index (χ0) is 18.1. The number of hydrogen-bond acceptors (Lipinski definition) is 5. The Morgan fingerprint density at radius 2 is 1.77 bits per heavy atom. The summed E-state index contributed by atoms with van der Waals surface area (Å²) < 4.78 is 6.92. The molecule has 4 aromatic rings. The molecule has 4 rings (SSSR count). The van der Waals surface area contributed by atoms with E-state index in [2.05, 4.69) is 15.2 Å². The Labute approximate surface area is 149 Å². The molecule has 128 valence electrons. The molecule has 26 heavy (non-hydrogen) atoms. The highest BCUT2D eigenvalue weighted by Gasteiger charge is 2.16. The second kappa shape index (κ2) is 6.40. The molecule has 0 aliphatic carbocycles. The number of rotatable bonds is 3. The van der Waals surface area contributed by atoms with Crippen LogP contribution in [0.1, 0.15) is 11.1 Å². The SMILES string of the molecule is Cc1ccc(-n2ccc(=O)c(-c3nc(-c4ccccc4)no3)n2)cc1C. The van der Waals surface area contributed by atoms with Crippen LogP contribution < -0.4 is 5.43 Å². The molecule has 2 heterocycles. The lowest BCUT2D eigenvalue weighted by atomic mass is 10.1. The fourth-order valence-corrected chi connectivity index (χ4v) is 2.59. The van der Waals surface area contributed by atoms with Crippen molar-refractivity contribution in [3.8, 4) is 28.7 Å². The lowest BCUT2D eigenvalue weighted by molar-refractivity contribution is 0.429. The maximum absolute atomic E-state index is 12.3. The number of aryl methyl sites for hydroxylation is 2. The molecule has 0 unspecified atom stereocenters. The van der Waals surface area contributed by atoms with Gasteiger partial charge in [0, 0.05) is 17.8 Å². The van der Waals surface area contributed by atoms with Gasteiger partial charge in [-0.1, -0.05) is 41.6 Å². The second-order valence-electron chi connectivity index (χ2n) is 6.03. The van der Waals surface area contributed by atoms with E-state index >= 15 is 0 Å². The van der Waals surface area contributed by atoms with Crippen molar-refractivity contribution in [2.24, 2.45) is 0 Å². The minimum Gasteiger partial charge on any atom is -0.332 e. The van der Waals surface area contributed by atoms with Gasteiger partial charge in [-0.15, -0.1) is 0 Å². The monoisotopic (exact) mass is 344 g/mol. The Balaban J connectivity index is 1.77. The van der Waals surface area contributed by atoms with Crippen molar-refractivity contribution in [2.75, 3.05) is 0 Å². The van der Waals surface area contributed by atoms with Gasteiger partial charge in [0.25, 0.3) is 5.89 Å². The van der Waals surface area contributed by atoms with Crippen LogP contribution in [0.5, 0.6) is 0 Å². The second-order valence-corrected chi connectivity index (χ2v) is 6.03. The van der Waals surface area contributed by atoms with E-state index in [9.17, 15) is 4.79 Å². The van der Waals surface area contributed by atoms with Crippen LogP contribution in [0.3, 0.4) is 0 Å². The Hall–Kier alpha value is -3.54. The van der Waals surface area contributed by atoms with Crippen LogP contribution in [0, 0.1) is 13.8 Å². The van der Waals surface area contributed by atoms with E-state index in [-0.39, 0.29) is 17.0 Å². The van der Waals surface area contributed by atoms with Crippen molar-refractivity contribution in [1.82, 2.24) is 19.9 Å². The van der Waals surface area contributed by atoms with Crippen LogP contribution in [0.4, 0.5) is 0 Å². The normalized spacial score (nSPS) is 10.8. The van der Waals surface area contributed by atoms with Gasteiger partial charge in [-0.3, -0.25) is 4.79 Å². The third-order valence-electron chi connectivity index (χ3n) is 4.22. The van der Waals surface area contributed by atoms with Crippen molar-refractivity contribution < 1.29 is 4.52 Å². The highest BCUT2D eigenvalue weighted by Crippen LogP contribution is 2.19. The van der Waals surface area contributed by atoms with Gasteiger partial charge < -0.3 is 4.52 Å². The average Bonchev–Trinajstić information content (AvgIpc) is 3.15. The molecule has 0 atom stereocenters. The first-order valence-corrected chi connectivity index (χ1v) is 8.19. The van der Waals surface area contributed by atoms with Gasteiger partial charge in [-0.2, -0.15) is 10.1 Å². The Morgan fingerprint density at radius 3 is 2.54 bits per heavy atom. The van der Waals surface area contributed by atoms with Crippen molar-refractivity contribution in [2.45, 2.75) is 13.8 Å². The lowest BCUT2D eigenvalue weighted by Crippen LogP contribution is -2.12. The van der Waals surface area contributed by atoms with E-state index < -0.39 is 0 Å². The summed E-state index contributed by atoms with van der Waals surface area (Å²) in [6.07, 6.45) is 1.63. The van der Waals surface area contributed by atoms with Gasteiger partial charge in [-0.25, -0.2) is 4.68 Å². The highest BCUT2D eigenvalue weighted by atomic mass is 16.5. The number of benzene rings is 2. The average molecular weight is 344 g/mol. The third kappa shape index (κ3) is 2.93. The molecular formula is C20H16N4O2. The van der Waals surface area contributed by atoms with E-state index in [1.54, 1.807) is 10.9 Å². The first-order valence-electron chi connectivity index (χ1n) is 8.19. The standard InChI is InChI=1S/C20H16N4O2/c1-13-8-9-16(12-14(13)2)24-11-10-17(25)18(22-24)20-21-19(23-26-20)15-6-4-3-5-7-15/h3-12H,1-2H3. The minimum absolute atomic E-state index is 0.104. The van der Waals surface area contributed by atoms with E-state index in [0.717, 1.165) is 16.8 Å². The number of nitrogens with zero attached hydrogens (tertiary/aromatic N) is 4. The molecule has 0 amide bonds. The molecule has 6 nitrogen and oxygen atoms in total. The molecule has 0 saturated heterocycles. The van der Waals surface area contributed by atoms with E-state index in [4.69, 9.17) is 4.52 Å². The predicted molar refractivity (Wildman–Crippen MR) is 98.0 cm³/mol.